The van der Waals surface area contributed by atoms with Crippen LogP contribution in [-0.2, 0) is 6.54 Å². The molecule has 1 saturated heterocycles. The van der Waals surface area contributed by atoms with Gasteiger partial charge in [-0.05, 0) is 29.2 Å². The van der Waals surface area contributed by atoms with Crippen LogP contribution in [0.2, 0.25) is 5.02 Å². The number of hydrogen-bond acceptors (Lipinski definition) is 2. The van der Waals surface area contributed by atoms with Gasteiger partial charge in [-0.25, -0.2) is 0 Å². The summed E-state index contributed by atoms with van der Waals surface area (Å²) in [5.41, 5.74) is 3.98. The fourth-order valence-electron chi connectivity index (χ4n) is 3.12. The summed E-state index contributed by atoms with van der Waals surface area (Å²) in [6.45, 7) is 9.75. The molecular weight excluding hydrogens is 304 g/mol. The first-order valence-corrected chi connectivity index (χ1v) is 8.82. The Kier molecular flexibility index (Phi) is 5.24. The molecule has 0 radical (unpaired) electrons. The molecule has 0 spiro atoms. The minimum absolute atomic E-state index is 0.600. The third kappa shape index (κ3) is 4.07. The number of hydrogen-bond donors (Lipinski definition) is 0. The lowest BCUT2D eigenvalue weighted by Crippen LogP contribution is -2.46. The van der Waals surface area contributed by atoms with Crippen molar-refractivity contribution < 1.29 is 0 Å². The molecule has 23 heavy (non-hydrogen) atoms. The third-order valence-corrected chi connectivity index (χ3v) is 4.94. The fraction of sp³-hybridized carbons (Fsp3) is 0.400. The Balaban J connectivity index is 1.56. The average Bonchev–Trinajstić information content (AvgIpc) is 2.57. The van der Waals surface area contributed by atoms with Gasteiger partial charge in [-0.3, -0.25) is 4.90 Å². The SMILES string of the molecule is CC(C)c1ccc(CN2CCN(c3ccccc3Cl)CC2)cc1. The highest BCUT2D eigenvalue weighted by Crippen LogP contribution is 2.26. The predicted octanol–water partition coefficient (Wildman–Crippen LogP) is 4.79. The van der Waals surface area contributed by atoms with E-state index >= 15 is 0 Å². The van der Waals surface area contributed by atoms with E-state index in [-0.39, 0.29) is 0 Å². The monoisotopic (exact) mass is 328 g/mol. The molecule has 1 aliphatic rings. The Morgan fingerprint density at radius 1 is 0.913 bits per heavy atom. The molecule has 0 amide bonds. The smallest absolute Gasteiger partial charge is 0.0639 e. The summed E-state index contributed by atoms with van der Waals surface area (Å²) in [5, 5.41) is 0.852. The van der Waals surface area contributed by atoms with Crippen molar-refractivity contribution in [2.45, 2.75) is 26.3 Å². The van der Waals surface area contributed by atoms with Crippen LogP contribution in [-0.4, -0.2) is 31.1 Å². The number of benzene rings is 2. The van der Waals surface area contributed by atoms with Gasteiger partial charge in [0.15, 0.2) is 0 Å². The maximum Gasteiger partial charge on any atom is 0.0639 e. The molecule has 0 saturated carbocycles. The molecule has 0 aromatic heterocycles. The third-order valence-electron chi connectivity index (χ3n) is 4.62. The van der Waals surface area contributed by atoms with Crippen LogP contribution in [0.15, 0.2) is 48.5 Å². The summed E-state index contributed by atoms with van der Waals surface area (Å²) in [6.07, 6.45) is 0. The predicted molar refractivity (Wildman–Crippen MR) is 99.5 cm³/mol. The highest BCUT2D eigenvalue weighted by atomic mass is 35.5. The van der Waals surface area contributed by atoms with Crippen LogP contribution in [0.3, 0.4) is 0 Å². The second kappa shape index (κ2) is 7.37. The van der Waals surface area contributed by atoms with Crippen LogP contribution in [0.4, 0.5) is 5.69 Å². The molecule has 0 aliphatic carbocycles. The van der Waals surface area contributed by atoms with Crippen molar-refractivity contribution in [1.29, 1.82) is 0 Å². The van der Waals surface area contributed by atoms with Crippen LogP contribution >= 0.6 is 11.6 Å². The lowest BCUT2D eigenvalue weighted by atomic mass is 10.0. The number of para-hydroxylation sites is 1. The van der Waals surface area contributed by atoms with Gasteiger partial charge in [0.2, 0.25) is 0 Å². The topological polar surface area (TPSA) is 6.48 Å². The number of rotatable bonds is 4. The van der Waals surface area contributed by atoms with E-state index in [4.69, 9.17) is 11.6 Å². The summed E-state index contributed by atoms with van der Waals surface area (Å²) < 4.78 is 0. The second-order valence-corrected chi connectivity index (χ2v) is 7.02. The summed E-state index contributed by atoms with van der Waals surface area (Å²) in [4.78, 5) is 4.92. The van der Waals surface area contributed by atoms with Gasteiger partial charge in [-0.2, -0.15) is 0 Å². The lowest BCUT2D eigenvalue weighted by Gasteiger charge is -2.36. The number of halogens is 1. The van der Waals surface area contributed by atoms with E-state index in [0.29, 0.717) is 5.92 Å². The first-order valence-electron chi connectivity index (χ1n) is 8.44. The Morgan fingerprint density at radius 3 is 2.17 bits per heavy atom. The molecule has 2 aromatic carbocycles. The molecular formula is C20H25ClN2. The molecule has 0 bridgehead atoms. The van der Waals surface area contributed by atoms with Gasteiger partial charge in [0.1, 0.15) is 0 Å². The highest BCUT2D eigenvalue weighted by Gasteiger charge is 2.18. The van der Waals surface area contributed by atoms with Crippen molar-refractivity contribution in [2.75, 3.05) is 31.1 Å². The summed E-state index contributed by atoms with van der Waals surface area (Å²) >= 11 is 6.31. The van der Waals surface area contributed by atoms with Crippen LogP contribution in [0, 0.1) is 0 Å². The van der Waals surface area contributed by atoms with Crippen LogP contribution in [0.25, 0.3) is 0 Å². The zero-order valence-electron chi connectivity index (χ0n) is 14.0. The minimum Gasteiger partial charge on any atom is -0.368 e. The molecule has 122 valence electrons. The normalized spacial score (nSPS) is 16.1. The van der Waals surface area contributed by atoms with Gasteiger partial charge in [0.05, 0.1) is 10.7 Å². The molecule has 0 atom stereocenters. The molecule has 3 heteroatoms. The second-order valence-electron chi connectivity index (χ2n) is 6.61. The average molecular weight is 329 g/mol. The molecule has 0 unspecified atom stereocenters. The summed E-state index contributed by atoms with van der Waals surface area (Å²) in [5.74, 6) is 0.600. The molecule has 2 nitrogen and oxygen atoms in total. The number of piperazine rings is 1. The molecule has 1 aliphatic heterocycles. The molecule has 1 fully saturated rings. The fourth-order valence-corrected chi connectivity index (χ4v) is 3.38. The standard InChI is InChI=1S/C20H25ClN2/c1-16(2)18-9-7-17(8-10-18)15-22-11-13-23(14-12-22)20-6-4-3-5-19(20)21/h3-10,16H,11-15H2,1-2H3. The van der Waals surface area contributed by atoms with E-state index < -0.39 is 0 Å². The van der Waals surface area contributed by atoms with Crippen LogP contribution in [0.1, 0.15) is 30.9 Å². The van der Waals surface area contributed by atoms with E-state index in [1.165, 1.54) is 11.1 Å². The van der Waals surface area contributed by atoms with E-state index in [1.54, 1.807) is 0 Å². The summed E-state index contributed by atoms with van der Waals surface area (Å²) in [6, 6.07) is 17.2. The Morgan fingerprint density at radius 2 is 1.57 bits per heavy atom. The van der Waals surface area contributed by atoms with E-state index in [2.05, 4.69) is 60.0 Å². The largest absolute Gasteiger partial charge is 0.368 e. The van der Waals surface area contributed by atoms with Crippen molar-refractivity contribution in [3.63, 3.8) is 0 Å². The Bertz CT molecular complexity index is 628. The number of nitrogens with zero attached hydrogens (tertiary/aromatic N) is 2. The molecule has 1 heterocycles. The van der Waals surface area contributed by atoms with Gasteiger partial charge in [0, 0.05) is 32.7 Å². The molecule has 3 rings (SSSR count). The zero-order chi connectivity index (χ0) is 16.2. The Labute approximate surface area is 144 Å². The first-order chi connectivity index (χ1) is 11.1. The zero-order valence-corrected chi connectivity index (χ0v) is 14.8. The van der Waals surface area contributed by atoms with E-state index in [0.717, 1.165) is 43.4 Å². The van der Waals surface area contributed by atoms with Gasteiger partial charge in [-0.1, -0.05) is 61.8 Å². The van der Waals surface area contributed by atoms with Crippen LogP contribution < -0.4 is 4.90 Å². The summed E-state index contributed by atoms with van der Waals surface area (Å²) in [7, 11) is 0. The molecule has 0 N–H and O–H groups in total. The quantitative estimate of drug-likeness (QED) is 0.796. The number of anilines is 1. The molecule has 2 aromatic rings. The van der Waals surface area contributed by atoms with Crippen molar-refractivity contribution in [3.8, 4) is 0 Å². The van der Waals surface area contributed by atoms with Crippen molar-refractivity contribution in [2.24, 2.45) is 0 Å². The maximum absolute atomic E-state index is 6.31. The van der Waals surface area contributed by atoms with Gasteiger partial charge >= 0.3 is 0 Å². The minimum atomic E-state index is 0.600. The van der Waals surface area contributed by atoms with Gasteiger partial charge in [0.25, 0.3) is 0 Å². The Hall–Kier alpha value is -1.51. The van der Waals surface area contributed by atoms with E-state index in [1.807, 2.05) is 12.1 Å². The lowest BCUT2D eigenvalue weighted by molar-refractivity contribution is 0.250. The first kappa shape index (κ1) is 16.4. The van der Waals surface area contributed by atoms with Crippen molar-refractivity contribution in [1.82, 2.24) is 4.90 Å². The van der Waals surface area contributed by atoms with Crippen molar-refractivity contribution >= 4 is 17.3 Å². The van der Waals surface area contributed by atoms with E-state index in [9.17, 15) is 0 Å². The van der Waals surface area contributed by atoms with Crippen LogP contribution in [0.5, 0.6) is 0 Å². The maximum atomic E-state index is 6.31. The van der Waals surface area contributed by atoms with Crippen molar-refractivity contribution in [3.05, 3.63) is 64.7 Å². The van der Waals surface area contributed by atoms with Gasteiger partial charge in [-0.15, -0.1) is 0 Å². The van der Waals surface area contributed by atoms with Gasteiger partial charge < -0.3 is 4.90 Å². The highest BCUT2D eigenvalue weighted by molar-refractivity contribution is 6.33.